The van der Waals surface area contributed by atoms with Crippen molar-refractivity contribution in [3.63, 3.8) is 0 Å². The molecule has 1 amide bonds. The third-order valence-corrected chi connectivity index (χ3v) is 3.52. The first-order chi connectivity index (χ1) is 11.0. The van der Waals surface area contributed by atoms with Crippen LogP contribution < -0.4 is 0 Å². The van der Waals surface area contributed by atoms with Crippen LogP contribution in [0.4, 0.5) is 5.88 Å². The van der Waals surface area contributed by atoms with E-state index in [9.17, 15) is 19.7 Å². The Balaban J connectivity index is 1.78. The predicted octanol–water partition coefficient (Wildman–Crippen LogP) is 2.00. The van der Waals surface area contributed by atoms with Crippen LogP contribution in [0.15, 0.2) is 22.6 Å². The zero-order chi connectivity index (χ0) is 16.8. The van der Waals surface area contributed by atoms with Gasteiger partial charge in [-0.2, -0.15) is 0 Å². The van der Waals surface area contributed by atoms with Crippen molar-refractivity contribution in [1.82, 2.24) is 4.90 Å². The highest BCUT2D eigenvalue weighted by Gasteiger charge is 2.21. The first kappa shape index (κ1) is 16.7. The van der Waals surface area contributed by atoms with Gasteiger partial charge >= 0.3 is 11.9 Å². The fourth-order valence-corrected chi connectivity index (χ4v) is 2.37. The maximum absolute atomic E-state index is 11.9. The second-order valence-corrected chi connectivity index (χ2v) is 5.46. The largest absolute Gasteiger partial charge is 0.452 e. The Labute approximate surface area is 132 Å². The third-order valence-electron chi connectivity index (χ3n) is 3.52. The lowest BCUT2D eigenvalue weighted by Gasteiger charge is -2.30. The van der Waals surface area contributed by atoms with E-state index in [0.29, 0.717) is 19.0 Å². The molecule has 23 heavy (non-hydrogen) atoms. The van der Waals surface area contributed by atoms with E-state index in [1.165, 1.54) is 18.2 Å². The number of furan rings is 1. The van der Waals surface area contributed by atoms with Crippen molar-refractivity contribution >= 4 is 23.8 Å². The van der Waals surface area contributed by atoms with Gasteiger partial charge < -0.3 is 14.1 Å². The topological polar surface area (TPSA) is 103 Å². The summed E-state index contributed by atoms with van der Waals surface area (Å²) >= 11 is 0. The lowest BCUT2D eigenvalue weighted by Crippen LogP contribution is -2.41. The van der Waals surface area contributed by atoms with Gasteiger partial charge in [-0.25, -0.2) is 4.79 Å². The summed E-state index contributed by atoms with van der Waals surface area (Å²) in [5.74, 6) is -0.718. The van der Waals surface area contributed by atoms with Gasteiger partial charge in [0, 0.05) is 19.2 Å². The summed E-state index contributed by atoms with van der Waals surface area (Å²) in [4.78, 5) is 35.0. The van der Waals surface area contributed by atoms with Crippen LogP contribution in [0.25, 0.3) is 6.08 Å². The molecule has 1 aromatic rings. The van der Waals surface area contributed by atoms with Crippen LogP contribution in [0, 0.1) is 16.0 Å². The zero-order valence-electron chi connectivity index (χ0n) is 12.8. The number of hydrogen-bond acceptors (Lipinski definition) is 6. The van der Waals surface area contributed by atoms with Crippen LogP contribution in [0.2, 0.25) is 0 Å². The van der Waals surface area contributed by atoms with E-state index >= 15 is 0 Å². The Kier molecular flexibility index (Phi) is 5.51. The van der Waals surface area contributed by atoms with Crippen LogP contribution in [-0.4, -0.2) is 41.4 Å². The van der Waals surface area contributed by atoms with Gasteiger partial charge in [0.25, 0.3) is 5.91 Å². The summed E-state index contributed by atoms with van der Waals surface area (Å²) in [6, 6.07) is 2.55. The van der Waals surface area contributed by atoms with Gasteiger partial charge in [-0.3, -0.25) is 14.9 Å². The SMILES string of the molecule is C[C@H]1CCCN(C(=O)COC(=O)/C=C/c2ccc([N+](=O)[O-])o2)C1. The number of carbonyl (C=O) groups excluding carboxylic acids is 2. The number of nitrogens with zero attached hydrogens (tertiary/aromatic N) is 2. The van der Waals surface area contributed by atoms with E-state index in [4.69, 9.17) is 9.15 Å². The van der Waals surface area contributed by atoms with Crippen molar-refractivity contribution < 1.29 is 23.7 Å². The van der Waals surface area contributed by atoms with Gasteiger partial charge in [0.2, 0.25) is 0 Å². The highest BCUT2D eigenvalue weighted by molar-refractivity contribution is 5.89. The third kappa shape index (κ3) is 4.94. The number of hydrogen-bond donors (Lipinski definition) is 0. The molecule has 2 rings (SSSR count). The van der Waals surface area contributed by atoms with Crippen LogP contribution in [-0.2, 0) is 14.3 Å². The monoisotopic (exact) mass is 322 g/mol. The number of likely N-dealkylation sites (tertiary alicyclic amines) is 1. The second-order valence-electron chi connectivity index (χ2n) is 5.46. The number of rotatable bonds is 5. The van der Waals surface area contributed by atoms with Gasteiger partial charge in [-0.1, -0.05) is 6.92 Å². The predicted molar refractivity (Wildman–Crippen MR) is 80.3 cm³/mol. The van der Waals surface area contributed by atoms with Gasteiger partial charge in [0.1, 0.15) is 10.7 Å². The maximum atomic E-state index is 11.9. The Morgan fingerprint density at radius 1 is 1.52 bits per heavy atom. The molecule has 0 aromatic carbocycles. The molecule has 0 spiro atoms. The molecule has 2 heterocycles. The zero-order valence-corrected chi connectivity index (χ0v) is 12.8. The average Bonchev–Trinajstić information content (AvgIpc) is 3.00. The molecule has 0 aliphatic carbocycles. The summed E-state index contributed by atoms with van der Waals surface area (Å²) in [6.45, 7) is 3.14. The van der Waals surface area contributed by atoms with Crippen molar-refractivity contribution in [2.45, 2.75) is 19.8 Å². The van der Waals surface area contributed by atoms with E-state index in [1.807, 2.05) is 0 Å². The van der Waals surface area contributed by atoms with E-state index < -0.39 is 16.8 Å². The van der Waals surface area contributed by atoms with Crippen molar-refractivity contribution in [2.75, 3.05) is 19.7 Å². The lowest BCUT2D eigenvalue weighted by molar-refractivity contribution is -0.402. The number of carbonyl (C=O) groups is 2. The summed E-state index contributed by atoms with van der Waals surface area (Å²) in [5.41, 5.74) is 0. The quantitative estimate of drug-likeness (QED) is 0.355. The number of amides is 1. The normalized spacial score (nSPS) is 18.1. The Morgan fingerprint density at radius 3 is 2.96 bits per heavy atom. The fourth-order valence-electron chi connectivity index (χ4n) is 2.37. The lowest BCUT2D eigenvalue weighted by atomic mass is 10.0. The molecule has 1 atom stereocenters. The van der Waals surface area contributed by atoms with E-state index in [2.05, 4.69) is 6.92 Å². The van der Waals surface area contributed by atoms with Gasteiger partial charge in [-0.05, 0) is 30.9 Å². The molecule has 1 fully saturated rings. The van der Waals surface area contributed by atoms with E-state index in [1.54, 1.807) is 4.90 Å². The number of piperidine rings is 1. The molecule has 8 nitrogen and oxygen atoms in total. The molecule has 0 bridgehead atoms. The van der Waals surface area contributed by atoms with Crippen molar-refractivity contribution in [1.29, 1.82) is 0 Å². The van der Waals surface area contributed by atoms with Crippen LogP contribution >= 0.6 is 0 Å². The Morgan fingerprint density at radius 2 is 2.30 bits per heavy atom. The van der Waals surface area contributed by atoms with Crippen molar-refractivity contribution in [3.8, 4) is 0 Å². The summed E-state index contributed by atoms with van der Waals surface area (Å²) < 4.78 is 9.73. The smallest absolute Gasteiger partial charge is 0.433 e. The molecule has 0 radical (unpaired) electrons. The molecule has 0 N–H and O–H groups in total. The molecule has 1 aliphatic heterocycles. The Bertz CT molecular complexity index is 621. The minimum absolute atomic E-state index is 0.157. The maximum Gasteiger partial charge on any atom is 0.433 e. The first-order valence-corrected chi connectivity index (χ1v) is 7.32. The number of nitro groups is 1. The average molecular weight is 322 g/mol. The molecular formula is C15H18N2O6. The van der Waals surface area contributed by atoms with Crippen molar-refractivity contribution in [3.05, 3.63) is 34.1 Å². The highest BCUT2D eigenvalue weighted by Crippen LogP contribution is 2.17. The van der Waals surface area contributed by atoms with Gasteiger partial charge in [-0.15, -0.1) is 0 Å². The van der Waals surface area contributed by atoms with Crippen LogP contribution in [0.5, 0.6) is 0 Å². The Hall–Kier alpha value is -2.64. The van der Waals surface area contributed by atoms with Gasteiger partial charge in [0.15, 0.2) is 6.61 Å². The molecule has 0 unspecified atom stereocenters. The van der Waals surface area contributed by atoms with Gasteiger partial charge in [0.05, 0.1) is 6.07 Å². The molecule has 8 heteroatoms. The van der Waals surface area contributed by atoms with E-state index in [0.717, 1.165) is 18.9 Å². The minimum atomic E-state index is -0.706. The highest BCUT2D eigenvalue weighted by atomic mass is 16.6. The fraction of sp³-hybridized carbons (Fsp3) is 0.467. The van der Waals surface area contributed by atoms with Crippen LogP contribution in [0.3, 0.4) is 0 Å². The number of esters is 1. The summed E-state index contributed by atoms with van der Waals surface area (Å²) in [5, 5.41) is 10.5. The molecular weight excluding hydrogens is 304 g/mol. The van der Waals surface area contributed by atoms with E-state index in [-0.39, 0.29) is 18.3 Å². The molecule has 1 aromatic heterocycles. The standard InChI is InChI=1S/C15H18N2O6/c1-11-3-2-8-16(9-11)13(18)10-22-15(19)7-5-12-4-6-14(23-12)17(20)21/h4-7,11H,2-3,8-10H2,1H3/b7-5+/t11-/m0/s1. The minimum Gasteiger partial charge on any atom is -0.452 e. The molecule has 0 saturated carbocycles. The molecule has 1 aliphatic rings. The molecule has 1 saturated heterocycles. The summed E-state index contributed by atoms with van der Waals surface area (Å²) in [7, 11) is 0. The summed E-state index contributed by atoms with van der Waals surface area (Å²) in [6.07, 6.45) is 4.37. The number of ether oxygens (including phenoxy) is 1. The second kappa shape index (κ2) is 7.57. The van der Waals surface area contributed by atoms with Crippen LogP contribution in [0.1, 0.15) is 25.5 Å². The molecule has 124 valence electrons. The van der Waals surface area contributed by atoms with Crippen molar-refractivity contribution in [2.24, 2.45) is 5.92 Å². The first-order valence-electron chi connectivity index (χ1n) is 7.32.